The number of rotatable bonds is 9. The van der Waals surface area contributed by atoms with Gasteiger partial charge in [0.05, 0.1) is 18.6 Å². The summed E-state index contributed by atoms with van der Waals surface area (Å²) in [4.78, 5) is 11.8. The highest BCUT2D eigenvalue weighted by molar-refractivity contribution is 5.72. The lowest BCUT2D eigenvalue weighted by atomic mass is 10.1. The third kappa shape index (κ3) is 6.39. The number of ether oxygens (including phenoxy) is 1. The van der Waals surface area contributed by atoms with Gasteiger partial charge in [-0.1, -0.05) is 18.7 Å². The summed E-state index contributed by atoms with van der Waals surface area (Å²) in [6.07, 6.45) is 0.504. The third-order valence-corrected chi connectivity index (χ3v) is 3.60. The standard InChI is InChI=1S/C18H21FN4O4/c1-3-23-18(20-21-22-23)12(2)4-7-14(24)10-15(25)11-17(26)27-16-8-5-13(19)6-9-16/h4-9,14-15,24-25H,2-3,10-11H2,1H3. The molecule has 0 aliphatic rings. The van der Waals surface area contributed by atoms with Crippen molar-refractivity contribution in [1.29, 1.82) is 0 Å². The molecule has 0 bridgehead atoms. The van der Waals surface area contributed by atoms with Gasteiger partial charge in [-0.05, 0) is 41.6 Å². The van der Waals surface area contributed by atoms with Gasteiger partial charge < -0.3 is 14.9 Å². The molecule has 0 saturated heterocycles. The Hall–Kier alpha value is -2.91. The summed E-state index contributed by atoms with van der Waals surface area (Å²) in [5.74, 6) is -0.473. The Balaban J connectivity index is 1.80. The Bertz CT molecular complexity index is 804. The lowest BCUT2D eigenvalue weighted by Crippen LogP contribution is -2.22. The molecule has 27 heavy (non-hydrogen) atoms. The van der Waals surface area contributed by atoms with Crippen molar-refractivity contribution >= 4 is 11.5 Å². The van der Waals surface area contributed by atoms with E-state index in [-0.39, 0.29) is 18.6 Å². The number of nitrogens with zero attached hydrogens (tertiary/aromatic N) is 4. The molecule has 0 aliphatic carbocycles. The van der Waals surface area contributed by atoms with Crippen molar-refractivity contribution in [2.75, 3.05) is 0 Å². The van der Waals surface area contributed by atoms with Crippen LogP contribution in [-0.2, 0) is 11.3 Å². The Morgan fingerprint density at radius 3 is 2.74 bits per heavy atom. The van der Waals surface area contributed by atoms with E-state index in [0.29, 0.717) is 17.9 Å². The van der Waals surface area contributed by atoms with Crippen molar-refractivity contribution in [2.45, 2.75) is 38.5 Å². The SMILES string of the molecule is C=C(C=CC(O)CC(O)CC(=O)Oc1ccc(F)cc1)c1nnnn1CC. The highest BCUT2D eigenvalue weighted by Gasteiger charge is 2.16. The molecule has 144 valence electrons. The van der Waals surface area contributed by atoms with Gasteiger partial charge >= 0.3 is 5.97 Å². The molecule has 2 N–H and O–H groups in total. The minimum absolute atomic E-state index is 0.0684. The first-order valence-corrected chi connectivity index (χ1v) is 8.35. The van der Waals surface area contributed by atoms with Crippen LogP contribution in [0.2, 0.25) is 0 Å². The highest BCUT2D eigenvalue weighted by atomic mass is 19.1. The number of aliphatic hydroxyl groups is 2. The molecule has 0 spiro atoms. The van der Waals surface area contributed by atoms with Crippen LogP contribution in [0.5, 0.6) is 5.75 Å². The molecule has 2 unspecified atom stereocenters. The maximum Gasteiger partial charge on any atom is 0.313 e. The van der Waals surface area contributed by atoms with Crippen LogP contribution >= 0.6 is 0 Å². The quantitative estimate of drug-likeness (QED) is 0.388. The van der Waals surface area contributed by atoms with Crippen LogP contribution in [0, 0.1) is 5.82 Å². The zero-order chi connectivity index (χ0) is 19.8. The van der Waals surface area contributed by atoms with Crippen LogP contribution in [-0.4, -0.2) is 48.6 Å². The van der Waals surface area contributed by atoms with Gasteiger partial charge in [-0.15, -0.1) is 5.10 Å². The topological polar surface area (TPSA) is 110 Å². The van der Waals surface area contributed by atoms with E-state index in [9.17, 15) is 19.4 Å². The van der Waals surface area contributed by atoms with Gasteiger partial charge in [0, 0.05) is 18.5 Å². The Morgan fingerprint density at radius 1 is 1.37 bits per heavy atom. The second-order valence-corrected chi connectivity index (χ2v) is 5.79. The number of hydrogen-bond donors (Lipinski definition) is 2. The van der Waals surface area contributed by atoms with E-state index >= 15 is 0 Å². The molecule has 2 atom stereocenters. The van der Waals surface area contributed by atoms with Crippen molar-refractivity contribution < 1.29 is 24.1 Å². The maximum atomic E-state index is 12.8. The number of carbonyl (C=O) groups is 1. The normalized spacial score (nSPS) is 13.5. The molecule has 8 nitrogen and oxygen atoms in total. The zero-order valence-electron chi connectivity index (χ0n) is 14.8. The molecule has 0 saturated carbocycles. The Kier molecular flexibility index (Phi) is 7.33. The predicted molar refractivity (Wildman–Crippen MR) is 94.9 cm³/mol. The molecule has 2 aromatic rings. The van der Waals surface area contributed by atoms with E-state index < -0.39 is 24.0 Å². The number of halogens is 1. The number of carbonyl (C=O) groups excluding carboxylic acids is 1. The van der Waals surface area contributed by atoms with Gasteiger partial charge in [-0.25, -0.2) is 9.07 Å². The first-order valence-electron chi connectivity index (χ1n) is 8.35. The smallest absolute Gasteiger partial charge is 0.313 e. The molecule has 0 amide bonds. The predicted octanol–water partition coefficient (Wildman–Crippen LogP) is 1.51. The number of aromatic nitrogens is 4. The number of benzene rings is 1. The average molecular weight is 376 g/mol. The highest BCUT2D eigenvalue weighted by Crippen LogP contribution is 2.14. The summed E-state index contributed by atoms with van der Waals surface area (Å²) < 4.78 is 19.4. The average Bonchev–Trinajstić information content (AvgIpc) is 3.10. The number of esters is 1. The van der Waals surface area contributed by atoms with E-state index in [0.717, 1.165) is 12.1 Å². The maximum absolute atomic E-state index is 12.8. The molecule has 1 aromatic heterocycles. The summed E-state index contributed by atoms with van der Waals surface area (Å²) in [6.45, 7) is 6.29. The fourth-order valence-electron chi connectivity index (χ4n) is 2.26. The molecule has 9 heteroatoms. The zero-order valence-corrected chi connectivity index (χ0v) is 14.8. The fraction of sp³-hybridized carbons (Fsp3) is 0.333. The summed E-state index contributed by atoms with van der Waals surface area (Å²) in [7, 11) is 0. The molecule has 1 heterocycles. The van der Waals surface area contributed by atoms with E-state index in [4.69, 9.17) is 4.74 Å². The molecule has 0 radical (unpaired) electrons. The van der Waals surface area contributed by atoms with Crippen molar-refractivity contribution in [3.05, 3.63) is 54.6 Å². The van der Waals surface area contributed by atoms with Crippen molar-refractivity contribution in [3.8, 4) is 5.75 Å². The van der Waals surface area contributed by atoms with Gasteiger partial charge in [0.15, 0.2) is 5.82 Å². The number of allylic oxidation sites excluding steroid dienone is 2. The lowest BCUT2D eigenvalue weighted by Gasteiger charge is -2.12. The lowest BCUT2D eigenvalue weighted by molar-refractivity contribution is -0.136. The van der Waals surface area contributed by atoms with Gasteiger partial charge in [-0.2, -0.15) is 0 Å². The van der Waals surface area contributed by atoms with Crippen LogP contribution in [0.3, 0.4) is 0 Å². The second kappa shape index (κ2) is 9.70. The monoisotopic (exact) mass is 376 g/mol. The van der Waals surface area contributed by atoms with Gasteiger partial charge in [0.1, 0.15) is 11.6 Å². The van der Waals surface area contributed by atoms with Crippen LogP contribution < -0.4 is 4.74 Å². The Morgan fingerprint density at radius 2 is 2.07 bits per heavy atom. The van der Waals surface area contributed by atoms with Crippen LogP contribution in [0.25, 0.3) is 5.57 Å². The van der Waals surface area contributed by atoms with Gasteiger partial charge in [0.25, 0.3) is 0 Å². The summed E-state index contributed by atoms with van der Waals surface area (Å²) in [5.41, 5.74) is 0.506. The van der Waals surface area contributed by atoms with Crippen molar-refractivity contribution in [2.24, 2.45) is 0 Å². The summed E-state index contributed by atoms with van der Waals surface area (Å²) in [5, 5.41) is 31.1. The van der Waals surface area contributed by atoms with Gasteiger partial charge in [-0.3, -0.25) is 4.79 Å². The molecule has 1 aromatic carbocycles. The number of aliphatic hydroxyl groups excluding tert-OH is 2. The van der Waals surface area contributed by atoms with Crippen LogP contribution in [0.4, 0.5) is 4.39 Å². The summed E-state index contributed by atoms with van der Waals surface area (Å²) in [6, 6.07) is 4.95. The third-order valence-electron chi connectivity index (χ3n) is 3.60. The van der Waals surface area contributed by atoms with E-state index in [1.54, 1.807) is 10.8 Å². The molecule has 2 rings (SSSR count). The Labute approximate surface area is 155 Å². The number of hydrogen-bond acceptors (Lipinski definition) is 7. The first kappa shape index (κ1) is 20.4. The fourth-order valence-corrected chi connectivity index (χ4v) is 2.26. The van der Waals surface area contributed by atoms with Crippen LogP contribution in [0.15, 0.2) is 43.0 Å². The number of tetrazole rings is 1. The first-order chi connectivity index (χ1) is 12.9. The minimum atomic E-state index is -1.10. The van der Waals surface area contributed by atoms with Crippen molar-refractivity contribution in [3.63, 3.8) is 0 Å². The van der Waals surface area contributed by atoms with E-state index in [2.05, 4.69) is 22.1 Å². The summed E-state index contributed by atoms with van der Waals surface area (Å²) >= 11 is 0. The molecule has 0 fully saturated rings. The van der Waals surface area contributed by atoms with Crippen LogP contribution in [0.1, 0.15) is 25.6 Å². The largest absolute Gasteiger partial charge is 0.426 e. The van der Waals surface area contributed by atoms with Crippen molar-refractivity contribution in [1.82, 2.24) is 20.2 Å². The van der Waals surface area contributed by atoms with E-state index in [1.165, 1.54) is 18.2 Å². The second-order valence-electron chi connectivity index (χ2n) is 5.79. The van der Waals surface area contributed by atoms with Gasteiger partial charge in [0.2, 0.25) is 0 Å². The van der Waals surface area contributed by atoms with E-state index in [1.807, 2.05) is 6.92 Å². The molecule has 0 aliphatic heterocycles. The molecular weight excluding hydrogens is 355 g/mol. The molecular formula is C18H21FN4O4. The number of aryl methyl sites for hydroxylation is 1. The minimum Gasteiger partial charge on any atom is -0.426 e.